The molecular formula is C12H14N4O. The van der Waals surface area contributed by atoms with Crippen molar-refractivity contribution < 1.29 is 4.74 Å². The number of methoxy groups -OCH3 is 1. The lowest BCUT2D eigenvalue weighted by molar-refractivity contribution is 0.181. The number of nitrogen functional groups attached to an aromatic ring is 1. The highest BCUT2D eigenvalue weighted by molar-refractivity contribution is 5.52. The van der Waals surface area contributed by atoms with Gasteiger partial charge in [0.15, 0.2) is 5.82 Å². The van der Waals surface area contributed by atoms with Crippen LogP contribution in [0.5, 0.6) is 0 Å². The summed E-state index contributed by atoms with van der Waals surface area (Å²) in [5.41, 5.74) is 8.11. The molecule has 0 unspecified atom stereocenters. The fraction of sp³-hybridized carbons (Fsp3) is 0.250. The van der Waals surface area contributed by atoms with Crippen molar-refractivity contribution in [1.29, 1.82) is 0 Å². The SMILES string of the molecule is COCc1cc(N)nc(-c2cccc(C)n2)n1. The molecule has 2 rings (SSSR count). The number of aromatic nitrogens is 3. The van der Waals surface area contributed by atoms with Gasteiger partial charge in [-0.05, 0) is 19.1 Å². The van der Waals surface area contributed by atoms with Crippen LogP contribution in [0.1, 0.15) is 11.4 Å². The number of ether oxygens (including phenoxy) is 1. The molecule has 0 aliphatic heterocycles. The molecule has 2 aromatic heterocycles. The van der Waals surface area contributed by atoms with Gasteiger partial charge in [-0.3, -0.25) is 0 Å². The molecule has 2 N–H and O–H groups in total. The van der Waals surface area contributed by atoms with E-state index in [9.17, 15) is 0 Å². The van der Waals surface area contributed by atoms with E-state index < -0.39 is 0 Å². The number of rotatable bonds is 3. The van der Waals surface area contributed by atoms with Crippen molar-refractivity contribution in [3.05, 3.63) is 35.7 Å². The molecule has 0 fully saturated rings. The molecule has 2 heterocycles. The summed E-state index contributed by atoms with van der Waals surface area (Å²) < 4.78 is 5.03. The second-order valence-electron chi connectivity index (χ2n) is 3.70. The first-order valence-corrected chi connectivity index (χ1v) is 5.25. The maximum atomic E-state index is 5.73. The van der Waals surface area contributed by atoms with Crippen LogP contribution in [0.15, 0.2) is 24.3 Å². The molecule has 0 saturated carbocycles. The fourth-order valence-corrected chi connectivity index (χ4v) is 1.52. The van der Waals surface area contributed by atoms with Gasteiger partial charge < -0.3 is 10.5 Å². The number of aryl methyl sites for hydroxylation is 1. The van der Waals surface area contributed by atoms with Gasteiger partial charge in [0.25, 0.3) is 0 Å². The third-order valence-electron chi connectivity index (χ3n) is 2.21. The maximum Gasteiger partial charge on any atom is 0.180 e. The lowest BCUT2D eigenvalue weighted by Crippen LogP contribution is -2.02. The zero-order chi connectivity index (χ0) is 12.3. The van der Waals surface area contributed by atoms with Crippen LogP contribution < -0.4 is 5.73 Å². The molecule has 2 aromatic rings. The van der Waals surface area contributed by atoms with Gasteiger partial charge in [0.1, 0.15) is 11.5 Å². The summed E-state index contributed by atoms with van der Waals surface area (Å²) in [6.07, 6.45) is 0. The maximum absolute atomic E-state index is 5.73. The van der Waals surface area contributed by atoms with Crippen LogP contribution >= 0.6 is 0 Å². The molecule has 0 aliphatic rings. The minimum atomic E-state index is 0.408. The second kappa shape index (κ2) is 4.88. The quantitative estimate of drug-likeness (QED) is 0.866. The fourth-order valence-electron chi connectivity index (χ4n) is 1.52. The van der Waals surface area contributed by atoms with Crippen molar-refractivity contribution in [2.24, 2.45) is 0 Å². The molecule has 0 spiro atoms. The Morgan fingerprint density at radius 3 is 2.76 bits per heavy atom. The molecular weight excluding hydrogens is 216 g/mol. The zero-order valence-electron chi connectivity index (χ0n) is 9.84. The number of pyridine rings is 1. The molecule has 0 aromatic carbocycles. The first-order chi connectivity index (χ1) is 8.19. The summed E-state index contributed by atoms with van der Waals surface area (Å²) >= 11 is 0. The highest BCUT2D eigenvalue weighted by Gasteiger charge is 2.06. The highest BCUT2D eigenvalue weighted by Crippen LogP contribution is 2.15. The van der Waals surface area contributed by atoms with Gasteiger partial charge in [-0.15, -0.1) is 0 Å². The smallest absolute Gasteiger partial charge is 0.180 e. The molecule has 17 heavy (non-hydrogen) atoms. The summed E-state index contributed by atoms with van der Waals surface area (Å²) in [6, 6.07) is 7.40. The molecule has 0 aliphatic carbocycles. The molecule has 0 atom stereocenters. The Labute approximate surface area is 99.7 Å². The van der Waals surface area contributed by atoms with Crippen LogP contribution in [0.25, 0.3) is 11.5 Å². The number of nitrogens with zero attached hydrogens (tertiary/aromatic N) is 3. The Bertz CT molecular complexity index is 528. The van der Waals surface area contributed by atoms with E-state index in [4.69, 9.17) is 10.5 Å². The number of hydrogen-bond donors (Lipinski definition) is 1. The van der Waals surface area contributed by atoms with Crippen molar-refractivity contribution in [1.82, 2.24) is 15.0 Å². The Morgan fingerprint density at radius 1 is 1.24 bits per heavy atom. The normalized spacial score (nSPS) is 10.5. The molecule has 5 nitrogen and oxygen atoms in total. The lowest BCUT2D eigenvalue weighted by Gasteiger charge is -2.05. The Hall–Kier alpha value is -2.01. The van der Waals surface area contributed by atoms with Crippen molar-refractivity contribution in [2.45, 2.75) is 13.5 Å². The summed E-state index contributed by atoms with van der Waals surface area (Å²) in [4.78, 5) is 12.9. The van der Waals surface area contributed by atoms with Gasteiger partial charge >= 0.3 is 0 Å². The van der Waals surface area contributed by atoms with Gasteiger partial charge in [-0.1, -0.05) is 6.07 Å². The standard InChI is InChI=1S/C12H14N4O/c1-8-4-3-5-10(14-8)12-15-9(7-17-2)6-11(13)16-12/h3-6H,7H2,1-2H3,(H2,13,15,16). The first-order valence-electron chi connectivity index (χ1n) is 5.25. The molecule has 0 amide bonds. The third-order valence-corrected chi connectivity index (χ3v) is 2.21. The van der Waals surface area contributed by atoms with Gasteiger partial charge in [0, 0.05) is 18.9 Å². The third kappa shape index (κ3) is 2.76. The topological polar surface area (TPSA) is 73.9 Å². The number of hydrogen-bond acceptors (Lipinski definition) is 5. The van der Waals surface area contributed by atoms with Crippen LogP contribution in [0, 0.1) is 6.92 Å². The van der Waals surface area contributed by atoms with Crippen LogP contribution in [0.3, 0.4) is 0 Å². The molecule has 5 heteroatoms. The molecule has 88 valence electrons. The monoisotopic (exact) mass is 230 g/mol. The predicted molar refractivity (Wildman–Crippen MR) is 65.1 cm³/mol. The Kier molecular flexibility index (Phi) is 3.30. The zero-order valence-corrected chi connectivity index (χ0v) is 9.84. The van der Waals surface area contributed by atoms with E-state index >= 15 is 0 Å². The average molecular weight is 230 g/mol. The average Bonchev–Trinajstić information content (AvgIpc) is 2.28. The summed E-state index contributed by atoms with van der Waals surface area (Å²) in [5.74, 6) is 0.950. The largest absolute Gasteiger partial charge is 0.384 e. The predicted octanol–water partition coefficient (Wildman–Crippen LogP) is 1.58. The number of nitrogens with two attached hydrogens (primary N) is 1. The van der Waals surface area contributed by atoms with E-state index in [0.29, 0.717) is 18.2 Å². The van der Waals surface area contributed by atoms with Crippen molar-refractivity contribution in [2.75, 3.05) is 12.8 Å². The molecule has 0 bridgehead atoms. The molecule has 0 radical (unpaired) electrons. The second-order valence-corrected chi connectivity index (χ2v) is 3.70. The van der Waals surface area contributed by atoms with E-state index in [-0.39, 0.29) is 0 Å². The van der Waals surface area contributed by atoms with Crippen molar-refractivity contribution in [3.63, 3.8) is 0 Å². The lowest BCUT2D eigenvalue weighted by atomic mass is 10.3. The summed E-state index contributed by atoms with van der Waals surface area (Å²) in [5, 5.41) is 0. The van der Waals surface area contributed by atoms with Crippen LogP contribution in [0.2, 0.25) is 0 Å². The Morgan fingerprint density at radius 2 is 2.06 bits per heavy atom. The minimum absolute atomic E-state index is 0.408. The van der Waals surface area contributed by atoms with Gasteiger partial charge in [-0.2, -0.15) is 0 Å². The van der Waals surface area contributed by atoms with E-state index in [2.05, 4.69) is 15.0 Å². The van der Waals surface area contributed by atoms with E-state index in [1.807, 2.05) is 25.1 Å². The van der Waals surface area contributed by atoms with E-state index in [1.54, 1.807) is 13.2 Å². The minimum Gasteiger partial charge on any atom is -0.384 e. The summed E-state index contributed by atoms with van der Waals surface area (Å²) in [6.45, 7) is 2.33. The van der Waals surface area contributed by atoms with Gasteiger partial charge in [0.2, 0.25) is 0 Å². The van der Waals surface area contributed by atoms with Crippen LogP contribution in [-0.2, 0) is 11.3 Å². The van der Waals surface area contributed by atoms with Gasteiger partial charge in [-0.25, -0.2) is 15.0 Å². The highest BCUT2D eigenvalue weighted by atomic mass is 16.5. The Balaban J connectivity index is 2.44. The number of anilines is 1. The summed E-state index contributed by atoms with van der Waals surface area (Å²) in [7, 11) is 1.61. The van der Waals surface area contributed by atoms with Crippen LogP contribution in [-0.4, -0.2) is 22.1 Å². The van der Waals surface area contributed by atoms with E-state index in [1.165, 1.54) is 0 Å². The van der Waals surface area contributed by atoms with Gasteiger partial charge in [0.05, 0.1) is 12.3 Å². The first kappa shape index (κ1) is 11.5. The van der Waals surface area contributed by atoms with E-state index in [0.717, 1.165) is 17.1 Å². The van der Waals surface area contributed by atoms with Crippen LogP contribution in [0.4, 0.5) is 5.82 Å². The van der Waals surface area contributed by atoms with Crippen molar-refractivity contribution >= 4 is 5.82 Å². The molecule has 0 saturated heterocycles. The van der Waals surface area contributed by atoms with Crippen molar-refractivity contribution in [3.8, 4) is 11.5 Å².